The molecule has 0 aromatic carbocycles. The molecule has 3 nitrogen and oxygen atoms in total. The molecule has 28 fully saturated rings. The van der Waals surface area contributed by atoms with Gasteiger partial charge in [-0.25, -0.2) is 0 Å². The highest BCUT2D eigenvalue weighted by Gasteiger charge is 2.63. The van der Waals surface area contributed by atoms with Gasteiger partial charge >= 0.3 is 0 Å². The fraction of sp³-hybridized carbons (Fsp3) is 1.00. The van der Waals surface area contributed by atoms with Gasteiger partial charge < -0.3 is 15.1 Å². The number of piperidine rings is 7. The summed E-state index contributed by atoms with van der Waals surface area (Å²) in [5.74, 6) is 26.7. The van der Waals surface area contributed by atoms with Crippen LogP contribution >= 0.6 is 0 Å². The van der Waals surface area contributed by atoms with Crippen LogP contribution in [0.15, 0.2) is 0 Å². The third kappa shape index (κ3) is 23.4. The van der Waals surface area contributed by atoms with E-state index in [2.05, 4.69) is 216 Å². The van der Waals surface area contributed by atoms with Crippen LogP contribution in [-0.2, 0) is 0 Å². The summed E-state index contributed by atoms with van der Waals surface area (Å²) < 4.78 is 0. The molecule has 28 rings (SSSR count). The Morgan fingerprint density at radius 2 is 0.689 bits per heavy atom. The van der Waals surface area contributed by atoms with Crippen LogP contribution in [0.4, 0.5) is 0 Å². The molecule has 0 aromatic rings. The summed E-state index contributed by atoms with van der Waals surface area (Å²) in [4.78, 5) is 5.38. The average molecular weight is 1690 g/mol. The first-order valence-corrected chi connectivity index (χ1v) is 55.9. The van der Waals surface area contributed by atoms with E-state index in [1.807, 2.05) is 0 Å². The fourth-order valence-corrected chi connectivity index (χ4v) is 36.7. The lowest BCUT2D eigenvalue weighted by Crippen LogP contribution is -2.58. The smallest absolute Gasteiger partial charge is 0.00173 e. The molecular weight excluding hydrogens is 1470 g/mol. The summed E-state index contributed by atoms with van der Waals surface area (Å²) in [6.07, 6.45) is 67.2. The van der Waals surface area contributed by atoms with Crippen LogP contribution in [0.2, 0.25) is 0 Å². The Hall–Kier alpha value is -0.120. The van der Waals surface area contributed by atoms with Crippen molar-refractivity contribution in [2.45, 2.75) is 483 Å². The van der Waals surface area contributed by atoms with Crippen molar-refractivity contribution < 1.29 is 0 Å². The van der Waals surface area contributed by atoms with Gasteiger partial charge in [0.25, 0.3) is 0 Å². The summed E-state index contributed by atoms with van der Waals surface area (Å²) in [7, 11) is 0. The predicted molar refractivity (Wildman–Crippen MR) is 532 cm³/mol. The summed E-state index contributed by atoms with van der Waals surface area (Å²) in [5.41, 5.74) is 7.97. The van der Waals surface area contributed by atoms with Gasteiger partial charge in [-0.15, -0.1) is 0 Å². The molecule has 9 unspecified atom stereocenters. The Morgan fingerprint density at radius 3 is 1.00 bits per heavy atom. The van der Waals surface area contributed by atoms with E-state index in [1.54, 1.807) is 122 Å². The molecule has 0 amide bonds. The van der Waals surface area contributed by atoms with Gasteiger partial charge in [0.1, 0.15) is 0 Å². The van der Waals surface area contributed by atoms with Crippen molar-refractivity contribution in [3.8, 4) is 0 Å². The summed E-state index contributed by atoms with van der Waals surface area (Å²) in [5, 5.41) is 3.44. The van der Waals surface area contributed by atoms with Crippen LogP contribution < -0.4 is 5.32 Å². The van der Waals surface area contributed by atoms with Crippen LogP contribution in [0.5, 0.6) is 0 Å². The normalized spacial score (nSPS) is 43.8. The zero-order valence-electron chi connectivity index (χ0n) is 88.1. The minimum atomic E-state index is 0.507. The second-order valence-corrected chi connectivity index (χ2v) is 60.4. The first-order valence-electron chi connectivity index (χ1n) is 55.9. The molecule has 0 radical (unpaired) electrons. The number of hydrogen-bond acceptors (Lipinski definition) is 3. The maximum Gasteiger partial charge on any atom is 0.00173 e. The van der Waals surface area contributed by atoms with Crippen LogP contribution in [0, 0.1) is 218 Å². The molecule has 24 bridgehead atoms. The molecular formula is C119H217N3. The standard InChI is InChI=1S/2C14H24.C13H22.C12H21N.C12H22.C12H24.C11H21N.2C11H20.C9H19N/c1-13(2,3)14-7-10-4-11(8-14)6-12(5-10)9-14;1-14(2,3)13-11-5-9-4-10(7-11)8-12(13)6-9;1-12(2,3)13-7-9-4-10(8-13)6-11(13)5-9;1-8(2)12-10-3-9-4-11(12)7-13(5-9)6-10;1-11(2,3)12-7-4-10(5-8-12)6-9-12;1-12(2,3)11-9-7-5-4-6-8-10-11;1-11(2,3)10-8-12-6-4-9(10)5-7-12;1-10(2,3)11-6-4-9(8-11)5-7-11;1-11(2,3)10-7-8-4-5-9(10)6-8;1-9(2,3)8-5-4-6-10-7-8/h10-12H,4-9H2,1-3H3;9-13H,4-8H2,1-3H3;9-11H,4-8H2,1-3H3;8-12H,3-7H2,1-2H3;10H,4-9H2,1-3H3;11H,4-10H2,1-3H3;9-10H,4-8H2,1-3H3;9H,4-8H2,1-3H3;8-10H,4-7H2,1-3H3;8,10H,4-7H2,1-3H3. The predicted octanol–water partition coefficient (Wildman–Crippen LogP) is 34.3. The maximum atomic E-state index is 3.44. The van der Waals surface area contributed by atoms with Gasteiger partial charge in [0.15, 0.2) is 0 Å². The van der Waals surface area contributed by atoms with Gasteiger partial charge in [-0.2, -0.15) is 0 Å². The third-order valence-corrected chi connectivity index (χ3v) is 43.5. The van der Waals surface area contributed by atoms with Gasteiger partial charge in [0.2, 0.25) is 0 Å². The second kappa shape index (κ2) is 38.7. The zero-order chi connectivity index (χ0) is 88.6. The van der Waals surface area contributed by atoms with Gasteiger partial charge in [-0.1, -0.05) is 239 Å². The Balaban J connectivity index is 0.000000117. The lowest BCUT2D eigenvalue weighted by Gasteiger charge is -2.62. The quantitative estimate of drug-likeness (QED) is 0.282. The van der Waals surface area contributed by atoms with E-state index in [-0.39, 0.29) is 0 Å². The monoisotopic (exact) mass is 1690 g/mol. The highest BCUT2D eigenvalue weighted by atomic mass is 15.2. The van der Waals surface area contributed by atoms with Crippen molar-refractivity contribution in [1.82, 2.24) is 15.1 Å². The summed E-state index contributed by atoms with van der Waals surface area (Å²) >= 11 is 0. The van der Waals surface area contributed by atoms with Crippen LogP contribution in [0.1, 0.15) is 483 Å². The molecule has 0 aromatic heterocycles. The van der Waals surface area contributed by atoms with E-state index in [4.69, 9.17) is 0 Å². The molecule has 21 saturated carbocycles. The summed E-state index contributed by atoms with van der Waals surface area (Å²) in [6, 6.07) is 0. The van der Waals surface area contributed by atoms with E-state index >= 15 is 0 Å². The minimum Gasteiger partial charge on any atom is -0.316 e. The lowest BCUT2D eigenvalue weighted by atomic mass is 9.43. The van der Waals surface area contributed by atoms with E-state index in [9.17, 15) is 0 Å². The minimum absolute atomic E-state index is 0.507. The molecule has 21 aliphatic carbocycles. The van der Waals surface area contributed by atoms with Crippen molar-refractivity contribution in [3.63, 3.8) is 0 Å². The van der Waals surface area contributed by atoms with E-state index in [0.717, 1.165) is 170 Å². The second-order valence-electron chi connectivity index (χ2n) is 60.4. The number of rotatable bonds is 1. The molecule has 122 heavy (non-hydrogen) atoms. The molecule has 1 N–H and O–H groups in total. The fourth-order valence-electron chi connectivity index (χ4n) is 36.7. The van der Waals surface area contributed by atoms with Crippen LogP contribution in [0.3, 0.4) is 0 Å². The van der Waals surface area contributed by atoms with Gasteiger partial charge in [-0.05, 0) is 489 Å². The molecule has 7 aliphatic heterocycles. The number of nitrogens with zero attached hydrogens (tertiary/aromatic N) is 2. The van der Waals surface area contributed by atoms with E-state index in [0.29, 0.717) is 48.7 Å². The topological polar surface area (TPSA) is 18.5 Å². The summed E-state index contributed by atoms with van der Waals surface area (Å²) in [6.45, 7) is 81.3. The van der Waals surface area contributed by atoms with Crippen molar-refractivity contribution in [2.24, 2.45) is 218 Å². The molecule has 708 valence electrons. The van der Waals surface area contributed by atoms with Gasteiger partial charge in [0.05, 0.1) is 0 Å². The number of fused-ring (bicyclic) bond motifs is 10. The number of nitrogens with one attached hydrogen (secondary N) is 1. The highest BCUT2D eigenvalue weighted by molar-refractivity contribution is 5.13. The molecule has 7 saturated heterocycles. The van der Waals surface area contributed by atoms with Crippen LogP contribution in [-0.4, -0.2) is 62.2 Å². The van der Waals surface area contributed by atoms with Crippen molar-refractivity contribution >= 4 is 0 Å². The highest BCUT2D eigenvalue weighted by Crippen LogP contribution is 2.72. The van der Waals surface area contributed by atoms with Crippen LogP contribution in [0.25, 0.3) is 0 Å². The first-order chi connectivity index (χ1) is 56.7. The molecule has 0 spiro atoms. The average Bonchev–Trinajstić information content (AvgIpc) is 1.66. The Bertz CT molecular complexity index is 3040. The van der Waals surface area contributed by atoms with Gasteiger partial charge in [0, 0.05) is 26.2 Å². The number of hydrogen-bond donors (Lipinski definition) is 1. The van der Waals surface area contributed by atoms with E-state index in [1.165, 1.54) is 213 Å². The molecule has 3 heteroatoms. The maximum absolute atomic E-state index is 3.44. The molecule has 28 aliphatic rings. The SMILES string of the molecule is CC(C)(C)C12CC3CC(CC(C3)C1)C2.CC(C)(C)C12CC3CC(CC1C3)C2.CC(C)(C)C12CCC(CC1)C2.CC(C)(C)C12CCC(CC1)CC2.CC(C)(C)C1C2CC3CC(C2)CC1C3.CC(C)(C)C1CC2CCC1C2.CC(C)(C)C1CCCCCCC1.CC(C)(C)C1CCCNC1.CC(C)(C)C1CN2CCC1CC2.CC(C)C1C2CC3CC1CN(C3)C2. The zero-order valence-corrected chi connectivity index (χ0v) is 88.1. The Kier molecular flexibility index (Phi) is 31.5. The van der Waals surface area contributed by atoms with Crippen molar-refractivity contribution in [1.29, 1.82) is 0 Å². The largest absolute Gasteiger partial charge is 0.316 e. The van der Waals surface area contributed by atoms with Gasteiger partial charge in [-0.3, -0.25) is 0 Å². The van der Waals surface area contributed by atoms with Crippen molar-refractivity contribution in [2.75, 3.05) is 52.4 Å². The first kappa shape index (κ1) is 99.4. The Labute approximate surface area is 764 Å². The van der Waals surface area contributed by atoms with Crippen molar-refractivity contribution in [3.05, 3.63) is 0 Å². The third-order valence-electron chi connectivity index (χ3n) is 43.5. The van der Waals surface area contributed by atoms with E-state index < -0.39 is 0 Å². The molecule has 9 atom stereocenters. The molecule has 7 heterocycles. The Morgan fingerprint density at radius 1 is 0.270 bits per heavy atom. The lowest BCUT2D eigenvalue weighted by molar-refractivity contribution is -0.113.